The summed E-state index contributed by atoms with van der Waals surface area (Å²) in [7, 11) is 0. The lowest BCUT2D eigenvalue weighted by Gasteiger charge is -2.02. The molecule has 3 aromatic rings. The first kappa shape index (κ1) is 12.7. The maximum atomic E-state index is 5.49. The Morgan fingerprint density at radius 2 is 1.95 bits per heavy atom. The number of benzene rings is 1. The van der Waals surface area contributed by atoms with Crippen LogP contribution < -0.4 is 5.73 Å². The highest BCUT2D eigenvalue weighted by molar-refractivity contribution is 5.78. The summed E-state index contributed by atoms with van der Waals surface area (Å²) < 4.78 is 1.82. The smallest absolute Gasteiger partial charge is 0.0849 e. The summed E-state index contributed by atoms with van der Waals surface area (Å²) in [5, 5.41) is 9.42. The van der Waals surface area contributed by atoms with Crippen molar-refractivity contribution >= 4 is 10.9 Å². The molecule has 5 nitrogen and oxygen atoms in total. The molecule has 0 amide bonds. The molecule has 1 aromatic carbocycles. The van der Waals surface area contributed by atoms with Gasteiger partial charge in [-0.05, 0) is 31.5 Å². The summed E-state index contributed by atoms with van der Waals surface area (Å²) in [4.78, 5) is 4.63. The van der Waals surface area contributed by atoms with E-state index in [2.05, 4.69) is 27.4 Å². The molecule has 2 aromatic heterocycles. The second-order valence-corrected chi connectivity index (χ2v) is 4.79. The SMILES string of the molecule is NCCCc1cn(Cc2ccc3ccccc3n2)nn1. The van der Waals surface area contributed by atoms with E-state index in [1.165, 1.54) is 0 Å². The maximum Gasteiger partial charge on any atom is 0.0849 e. The van der Waals surface area contributed by atoms with Crippen LogP contribution in [0.5, 0.6) is 0 Å². The first-order valence-corrected chi connectivity index (χ1v) is 6.79. The minimum atomic E-state index is 0.639. The topological polar surface area (TPSA) is 69.6 Å². The predicted molar refractivity (Wildman–Crippen MR) is 78.2 cm³/mol. The van der Waals surface area contributed by atoms with Crippen LogP contribution in [0.15, 0.2) is 42.6 Å². The Bertz CT molecular complexity index is 704. The Hall–Kier alpha value is -2.27. The van der Waals surface area contributed by atoms with Crippen molar-refractivity contribution in [1.29, 1.82) is 0 Å². The molecule has 0 aliphatic carbocycles. The van der Waals surface area contributed by atoms with E-state index in [0.717, 1.165) is 35.1 Å². The number of aromatic nitrogens is 4. The highest BCUT2D eigenvalue weighted by Gasteiger charge is 2.03. The Labute approximate surface area is 117 Å². The second kappa shape index (κ2) is 5.79. The molecule has 0 aliphatic rings. The molecule has 20 heavy (non-hydrogen) atoms. The molecular weight excluding hydrogens is 250 g/mol. The van der Waals surface area contributed by atoms with E-state index < -0.39 is 0 Å². The highest BCUT2D eigenvalue weighted by atomic mass is 15.4. The number of rotatable bonds is 5. The zero-order valence-corrected chi connectivity index (χ0v) is 11.2. The minimum absolute atomic E-state index is 0.639. The van der Waals surface area contributed by atoms with Crippen LogP contribution >= 0.6 is 0 Å². The van der Waals surface area contributed by atoms with E-state index in [0.29, 0.717) is 13.1 Å². The Balaban J connectivity index is 1.76. The van der Waals surface area contributed by atoms with Crippen LogP contribution in [0, 0.1) is 0 Å². The Kier molecular flexibility index (Phi) is 3.69. The molecule has 3 rings (SSSR count). The van der Waals surface area contributed by atoms with E-state index in [-0.39, 0.29) is 0 Å². The lowest BCUT2D eigenvalue weighted by molar-refractivity contribution is 0.639. The van der Waals surface area contributed by atoms with E-state index in [1.54, 1.807) is 0 Å². The van der Waals surface area contributed by atoms with E-state index in [1.807, 2.05) is 35.1 Å². The molecule has 0 unspecified atom stereocenters. The molecular formula is C15H17N5. The van der Waals surface area contributed by atoms with Gasteiger partial charge in [-0.25, -0.2) is 4.68 Å². The molecule has 0 bridgehead atoms. The Morgan fingerprint density at radius 3 is 2.85 bits per heavy atom. The lowest BCUT2D eigenvalue weighted by atomic mass is 10.2. The van der Waals surface area contributed by atoms with Gasteiger partial charge < -0.3 is 5.73 Å². The van der Waals surface area contributed by atoms with Gasteiger partial charge in [0.1, 0.15) is 0 Å². The third-order valence-corrected chi connectivity index (χ3v) is 3.20. The van der Waals surface area contributed by atoms with Crippen molar-refractivity contribution in [2.45, 2.75) is 19.4 Å². The molecule has 0 aliphatic heterocycles. The normalized spacial score (nSPS) is 11.1. The van der Waals surface area contributed by atoms with Gasteiger partial charge in [-0.15, -0.1) is 5.10 Å². The molecule has 5 heteroatoms. The third kappa shape index (κ3) is 2.83. The fourth-order valence-electron chi connectivity index (χ4n) is 2.18. The lowest BCUT2D eigenvalue weighted by Crippen LogP contribution is -2.02. The Morgan fingerprint density at radius 1 is 1.05 bits per heavy atom. The monoisotopic (exact) mass is 267 g/mol. The summed E-state index contributed by atoms with van der Waals surface area (Å²) in [6.45, 7) is 1.32. The summed E-state index contributed by atoms with van der Waals surface area (Å²) in [5.74, 6) is 0. The van der Waals surface area contributed by atoms with Crippen LogP contribution in [-0.2, 0) is 13.0 Å². The largest absolute Gasteiger partial charge is 0.330 e. The third-order valence-electron chi connectivity index (χ3n) is 3.20. The molecule has 0 spiro atoms. The number of para-hydroxylation sites is 1. The molecule has 2 N–H and O–H groups in total. The number of pyridine rings is 1. The zero-order chi connectivity index (χ0) is 13.8. The maximum absolute atomic E-state index is 5.49. The molecule has 0 saturated carbocycles. The van der Waals surface area contributed by atoms with Gasteiger partial charge in [-0.2, -0.15) is 0 Å². The standard InChI is InChI=1S/C15H17N5/c16-9-3-5-14-11-20(19-18-14)10-13-8-7-12-4-1-2-6-15(12)17-13/h1-2,4,6-8,11H,3,5,9-10,16H2. The average molecular weight is 267 g/mol. The number of nitrogens with two attached hydrogens (primary N) is 1. The summed E-state index contributed by atoms with van der Waals surface area (Å²) >= 11 is 0. The van der Waals surface area contributed by atoms with Crippen molar-refractivity contribution in [3.05, 3.63) is 54.0 Å². The van der Waals surface area contributed by atoms with Crippen molar-refractivity contribution in [3.8, 4) is 0 Å². The van der Waals surface area contributed by atoms with Crippen LogP contribution in [-0.4, -0.2) is 26.5 Å². The second-order valence-electron chi connectivity index (χ2n) is 4.79. The van der Waals surface area contributed by atoms with Gasteiger partial charge in [0, 0.05) is 11.6 Å². The van der Waals surface area contributed by atoms with Crippen LogP contribution in [0.25, 0.3) is 10.9 Å². The van der Waals surface area contributed by atoms with Gasteiger partial charge in [0.15, 0.2) is 0 Å². The van der Waals surface area contributed by atoms with E-state index in [9.17, 15) is 0 Å². The quantitative estimate of drug-likeness (QED) is 0.765. The fraction of sp³-hybridized carbons (Fsp3) is 0.267. The van der Waals surface area contributed by atoms with Gasteiger partial charge >= 0.3 is 0 Å². The van der Waals surface area contributed by atoms with Crippen LogP contribution in [0.4, 0.5) is 0 Å². The zero-order valence-electron chi connectivity index (χ0n) is 11.2. The molecule has 0 atom stereocenters. The van der Waals surface area contributed by atoms with Crippen molar-refractivity contribution in [2.75, 3.05) is 6.54 Å². The molecule has 0 radical (unpaired) electrons. The molecule has 0 saturated heterocycles. The highest BCUT2D eigenvalue weighted by Crippen LogP contribution is 2.12. The number of fused-ring (bicyclic) bond motifs is 1. The van der Waals surface area contributed by atoms with Crippen molar-refractivity contribution in [1.82, 2.24) is 20.0 Å². The molecule has 0 fully saturated rings. The fourth-order valence-corrected chi connectivity index (χ4v) is 2.18. The van der Waals surface area contributed by atoms with Crippen LogP contribution in [0.2, 0.25) is 0 Å². The van der Waals surface area contributed by atoms with Crippen molar-refractivity contribution in [2.24, 2.45) is 5.73 Å². The van der Waals surface area contributed by atoms with E-state index >= 15 is 0 Å². The number of hydrogen-bond acceptors (Lipinski definition) is 4. The summed E-state index contributed by atoms with van der Waals surface area (Å²) in [6, 6.07) is 12.2. The van der Waals surface area contributed by atoms with Gasteiger partial charge in [-0.1, -0.05) is 29.5 Å². The van der Waals surface area contributed by atoms with Crippen LogP contribution in [0.3, 0.4) is 0 Å². The molecule has 2 heterocycles. The number of aryl methyl sites for hydroxylation is 1. The number of hydrogen-bond donors (Lipinski definition) is 1. The molecule has 102 valence electrons. The predicted octanol–water partition coefficient (Wildman–Crippen LogP) is 1.77. The van der Waals surface area contributed by atoms with Crippen LogP contribution in [0.1, 0.15) is 17.8 Å². The summed E-state index contributed by atoms with van der Waals surface area (Å²) in [5.41, 5.74) is 8.47. The summed E-state index contributed by atoms with van der Waals surface area (Å²) in [6.07, 6.45) is 3.78. The first-order valence-electron chi connectivity index (χ1n) is 6.79. The minimum Gasteiger partial charge on any atom is -0.330 e. The van der Waals surface area contributed by atoms with E-state index in [4.69, 9.17) is 5.73 Å². The first-order chi connectivity index (χ1) is 9.85. The van der Waals surface area contributed by atoms with Crippen molar-refractivity contribution in [3.63, 3.8) is 0 Å². The van der Waals surface area contributed by atoms with Gasteiger partial charge in [0.25, 0.3) is 0 Å². The van der Waals surface area contributed by atoms with Gasteiger partial charge in [0.2, 0.25) is 0 Å². The number of nitrogens with zero attached hydrogens (tertiary/aromatic N) is 4. The van der Waals surface area contributed by atoms with Gasteiger partial charge in [0.05, 0.1) is 23.4 Å². The average Bonchev–Trinajstić information content (AvgIpc) is 2.92. The van der Waals surface area contributed by atoms with Crippen molar-refractivity contribution < 1.29 is 0 Å². The van der Waals surface area contributed by atoms with Gasteiger partial charge in [-0.3, -0.25) is 4.98 Å².